The van der Waals surface area contributed by atoms with Gasteiger partial charge in [0.15, 0.2) is 0 Å². The van der Waals surface area contributed by atoms with Crippen molar-refractivity contribution in [2.24, 2.45) is 0 Å². The van der Waals surface area contributed by atoms with E-state index in [2.05, 4.69) is 215 Å². The Labute approximate surface area is 313 Å². The highest BCUT2D eigenvalue weighted by Gasteiger charge is 2.22. The lowest BCUT2D eigenvalue weighted by Gasteiger charge is -2.13. The van der Waals surface area contributed by atoms with Gasteiger partial charge in [0.2, 0.25) is 0 Å². The lowest BCUT2D eigenvalue weighted by atomic mass is 9.93. The van der Waals surface area contributed by atoms with Crippen LogP contribution in [-0.4, -0.2) is 9.13 Å². The second kappa shape index (κ2) is 12.2. The Morgan fingerprint density at radius 3 is 1.43 bits per heavy atom. The molecular formula is C52H34N2. The van der Waals surface area contributed by atoms with Gasteiger partial charge in [-0.05, 0) is 105 Å². The Hall–Kier alpha value is -7.16. The Morgan fingerprint density at radius 1 is 0.259 bits per heavy atom. The minimum Gasteiger partial charge on any atom is -0.309 e. The molecule has 0 unspecified atom stereocenters. The Kier molecular flexibility index (Phi) is 6.90. The monoisotopic (exact) mass is 686 g/mol. The Balaban J connectivity index is 1.14. The molecule has 2 aromatic heterocycles. The molecule has 0 saturated carbocycles. The molecule has 0 aliphatic carbocycles. The fourth-order valence-electron chi connectivity index (χ4n) is 8.64. The van der Waals surface area contributed by atoms with Gasteiger partial charge in [-0.3, -0.25) is 0 Å². The molecule has 2 nitrogen and oxygen atoms in total. The lowest BCUT2D eigenvalue weighted by molar-refractivity contribution is 1.17. The molecule has 9 aromatic carbocycles. The Morgan fingerprint density at radius 2 is 0.759 bits per heavy atom. The molecule has 54 heavy (non-hydrogen) atoms. The summed E-state index contributed by atoms with van der Waals surface area (Å²) in [6.07, 6.45) is 0. The highest BCUT2D eigenvalue weighted by molar-refractivity contribution is 6.30. The van der Waals surface area contributed by atoms with E-state index in [0.29, 0.717) is 0 Å². The summed E-state index contributed by atoms with van der Waals surface area (Å²) in [5, 5.41) is 7.60. The fourth-order valence-corrected chi connectivity index (χ4v) is 8.64. The van der Waals surface area contributed by atoms with Crippen molar-refractivity contribution in [1.82, 2.24) is 9.13 Å². The van der Waals surface area contributed by atoms with Crippen LogP contribution in [0, 0.1) is 0 Å². The predicted molar refractivity (Wildman–Crippen MR) is 229 cm³/mol. The summed E-state index contributed by atoms with van der Waals surface area (Å²) in [5.41, 5.74) is 14.4. The van der Waals surface area contributed by atoms with E-state index in [9.17, 15) is 0 Å². The Bertz CT molecular complexity index is 3110. The first-order chi connectivity index (χ1) is 26.8. The van der Waals surface area contributed by atoms with E-state index >= 15 is 0 Å². The second-order valence-corrected chi connectivity index (χ2v) is 14.1. The van der Waals surface area contributed by atoms with Gasteiger partial charge in [0.25, 0.3) is 0 Å². The molecule has 2 heteroatoms. The van der Waals surface area contributed by atoms with Gasteiger partial charge in [0.1, 0.15) is 0 Å². The molecule has 2 heterocycles. The van der Waals surface area contributed by atoms with E-state index in [4.69, 9.17) is 0 Å². The van der Waals surface area contributed by atoms with Crippen molar-refractivity contribution in [1.29, 1.82) is 0 Å². The van der Waals surface area contributed by atoms with E-state index in [1.54, 1.807) is 0 Å². The first-order valence-corrected chi connectivity index (χ1v) is 18.6. The van der Waals surface area contributed by atoms with Crippen molar-refractivity contribution in [3.8, 4) is 44.8 Å². The SMILES string of the molecule is c1ccc(-c2cc(-c3ccccc3)cc(-c3ccc(-n4c5ccccc5c5c4ccc4c6c7ccccc7ccc6n(-c6ccccc6)c45)cc3)c2)cc1. The number of aromatic nitrogens is 2. The van der Waals surface area contributed by atoms with Gasteiger partial charge in [-0.1, -0.05) is 146 Å². The van der Waals surface area contributed by atoms with E-state index in [1.165, 1.54) is 87.8 Å². The van der Waals surface area contributed by atoms with Crippen LogP contribution < -0.4 is 0 Å². The van der Waals surface area contributed by atoms with Crippen molar-refractivity contribution in [3.05, 3.63) is 206 Å². The van der Waals surface area contributed by atoms with Crippen LogP contribution >= 0.6 is 0 Å². The van der Waals surface area contributed by atoms with Crippen LogP contribution in [0.1, 0.15) is 0 Å². The van der Waals surface area contributed by atoms with Crippen molar-refractivity contribution in [2.75, 3.05) is 0 Å². The second-order valence-electron chi connectivity index (χ2n) is 14.1. The standard InChI is InChI=1S/C52H34N2/c1-4-14-35(15-5-1)39-32-40(36-16-6-2-7-17-36)34-41(33-39)37-24-27-43(28-25-37)53-47-23-13-12-22-45(47)51-49(53)31-29-46-50-44-21-11-10-18-38(44)26-30-48(50)54(52(46)51)42-19-8-3-9-20-42/h1-34H. The van der Waals surface area contributed by atoms with Crippen LogP contribution in [0.15, 0.2) is 206 Å². The molecule has 0 N–H and O–H groups in total. The number of benzene rings is 9. The summed E-state index contributed by atoms with van der Waals surface area (Å²) in [5.74, 6) is 0. The van der Waals surface area contributed by atoms with E-state index in [1.807, 2.05) is 0 Å². The quantitative estimate of drug-likeness (QED) is 0.171. The molecule has 0 spiro atoms. The van der Waals surface area contributed by atoms with E-state index in [-0.39, 0.29) is 0 Å². The van der Waals surface area contributed by atoms with Crippen LogP contribution in [0.3, 0.4) is 0 Å². The van der Waals surface area contributed by atoms with Crippen LogP contribution in [0.5, 0.6) is 0 Å². The minimum atomic E-state index is 1.14. The molecule has 0 saturated heterocycles. The van der Waals surface area contributed by atoms with Gasteiger partial charge < -0.3 is 9.13 Å². The molecule has 0 fully saturated rings. The molecule has 0 aliphatic heterocycles. The number of hydrogen-bond donors (Lipinski definition) is 0. The highest BCUT2D eigenvalue weighted by Crippen LogP contribution is 2.44. The van der Waals surface area contributed by atoms with Gasteiger partial charge in [0, 0.05) is 32.9 Å². The predicted octanol–water partition coefficient (Wildman–Crippen LogP) is 14.0. The van der Waals surface area contributed by atoms with Crippen molar-refractivity contribution < 1.29 is 0 Å². The van der Waals surface area contributed by atoms with E-state index in [0.717, 1.165) is 11.4 Å². The maximum Gasteiger partial charge on any atom is 0.0641 e. The summed E-state index contributed by atoms with van der Waals surface area (Å²) < 4.78 is 4.91. The van der Waals surface area contributed by atoms with Crippen LogP contribution in [0.4, 0.5) is 0 Å². The molecule has 0 amide bonds. The lowest BCUT2D eigenvalue weighted by Crippen LogP contribution is -1.95. The van der Waals surface area contributed by atoms with Gasteiger partial charge in [-0.2, -0.15) is 0 Å². The van der Waals surface area contributed by atoms with Crippen molar-refractivity contribution >= 4 is 54.4 Å². The number of hydrogen-bond acceptors (Lipinski definition) is 0. The summed E-state index contributed by atoms with van der Waals surface area (Å²) in [6.45, 7) is 0. The molecule has 11 rings (SSSR count). The van der Waals surface area contributed by atoms with Crippen LogP contribution in [-0.2, 0) is 0 Å². The zero-order chi connectivity index (χ0) is 35.6. The summed E-state index contributed by atoms with van der Waals surface area (Å²) in [7, 11) is 0. The zero-order valence-corrected chi connectivity index (χ0v) is 29.5. The smallest absolute Gasteiger partial charge is 0.0641 e. The molecule has 0 atom stereocenters. The maximum atomic E-state index is 2.48. The number of nitrogens with zero attached hydrogens (tertiary/aromatic N) is 2. The first-order valence-electron chi connectivity index (χ1n) is 18.6. The van der Waals surface area contributed by atoms with Crippen molar-refractivity contribution in [3.63, 3.8) is 0 Å². The van der Waals surface area contributed by atoms with Crippen LogP contribution in [0.25, 0.3) is 99.1 Å². The average Bonchev–Trinajstić information content (AvgIpc) is 3.78. The third-order valence-electron chi connectivity index (χ3n) is 11.1. The third kappa shape index (κ3) is 4.74. The third-order valence-corrected chi connectivity index (χ3v) is 11.1. The fraction of sp³-hybridized carbons (Fsp3) is 0. The zero-order valence-electron chi connectivity index (χ0n) is 29.5. The number of para-hydroxylation sites is 2. The summed E-state index contributed by atoms with van der Waals surface area (Å²) >= 11 is 0. The first kappa shape index (κ1) is 30.5. The van der Waals surface area contributed by atoms with E-state index < -0.39 is 0 Å². The molecule has 11 aromatic rings. The molecular weight excluding hydrogens is 653 g/mol. The molecule has 0 aliphatic rings. The topological polar surface area (TPSA) is 9.86 Å². The van der Waals surface area contributed by atoms with Crippen molar-refractivity contribution in [2.45, 2.75) is 0 Å². The molecule has 252 valence electrons. The molecule has 0 bridgehead atoms. The average molecular weight is 687 g/mol. The van der Waals surface area contributed by atoms with Gasteiger partial charge in [-0.15, -0.1) is 0 Å². The molecule has 0 radical (unpaired) electrons. The summed E-state index contributed by atoms with van der Waals surface area (Å²) in [6, 6.07) is 75.1. The van der Waals surface area contributed by atoms with Gasteiger partial charge in [0.05, 0.1) is 22.1 Å². The van der Waals surface area contributed by atoms with Crippen LogP contribution in [0.2, 0.25) is 0 Å². The van der Waals surface area contributed by atoms with Gasteiger partial charge >= 0.3 is 0 Å². The minimum absolute atomic E-state index is 1.14. The van der Waals surface area contributed by atoms with Gasteiger partial charge in [-0.25, -0.2) is 0 Å². The summed E-state index contributed by atoms with van der Waals surface area (Å²) in [4.78, 5) is 0. The number of rotatable bonds is 5. The maximum absolute atomic E-state index is 2.48. The normalized spacial score (nSPS) is 11.7. The highest BCUT2D eigenvalue weighted by atomic mass is 15.0. The number of fused-ring (bicyclic) bond motifs is 9. The largest absolute Gasteiger partial charge is 0.309 e.